The molecular weight excluding hydrogens is 252 g/mol. The Morgan fingerprint density at radius 1 is 1.39 bits per heavy atom. The van der Waals surface area contributed by atoms with E-state index in [1.807, 2.05) is 18.8 Å². The second-order valence-electron chi connectivity index (χ2n) is 6.46. The Bertz CT molecular complexity index is 251. The summed E-state index contributed by atoms with van der Waals surface area (Å²) in [6, 6.07) is 0.355. The molecule has 0 bridgehead atoms. The normalized spacial score (nSPS) is 26.0. The number of halogens is 2. The summed E-state index contributed by atoms with van der Waals surface area (Å²) in [6.45, 7) is 6.58. The van der Waals surface area contributed by atoms with Crippen LogP contribution in [-0.4, -0.2) is 29.5 Å². The van der Waals surface area contributed by atoms with Crippen molar-refractivity contribution in [3.8, 4) is 0 Å². The summed E-state index contributed by atoms with van der Waals surface area (Å²) in [5, 5.41) is 3.28. The lowest BCUT2D eigenvalue weighted by atomic mass is 9.83. The molecule has 1 saturated carbocycles. The lowest BCUT2D eigenvalue weighted by Gasteiger charge is -2.32. The molecule has 0 heterocycles. The van der Waals surface area contributed by atoms with Gasteiger partial charge in [0.25, 0.3) is 0 Å². The van der Waals surface area contributed by atoms with E-state index in [1.165, 1.54) is 0 Å². The molecule has 4 heteroatoms. The highest BCUT2D eigenvalue weighted by Crippen LogP contribution is 2.39. The molecule has 0 amide bonds. The number of hydrogen-bond acceptors (Lipinski definition) is 2. The first-order valence-corrected chi connectivity index (χ1v) is 7.89. The van der Waals surface area contributed by atoms with Gasteiger partial charge in [0.15, 0.2) is 0 Å². The topological polar surface area (TPSA) is 12.0 Å². The molecule has 0 aromatic carbocycles. The van der Waals surface area contributed by atoms with Crippen molar-refractivity contribution >= 4 is 11.8 Å². The van der Waals surface area contributed by atoms with Crippen LogP contribution in [0.25, 0.3) is 0 Å². The number of nitrogens with one attached hydrogen (secondary N) is 1. The summed E-state index contributed by atoms with van der Waals surface area (Å²) in [7, 11) is 1.94. The van der Waals surface area contributed by atoms with E-state index in [0.29, 0.717) is 12.5 Å². The van der Waals surface area contributed by atoms with Crippen LogP contribution >= 0.6 is 11.8 Å². The summed E-state index contributed by atoms with van der Waals surface area (Å²) in [4.78, 5) is 0. The van der Waals surface area contributed by atoms with E-state index in [9.17, 15) is 8.78 Å². The fourth-order valence-corrected chi connectivity index (χ4v) is 3.50. The van der Waals surface area contributed by atoms with E-state index in [1.54, 1.807) is 0 Å². The molecule has 0 saturated heterocycles. The first-order chi connectivity index (χ1) is 8.22. The molecule has 108 valence electrons. The maximum absolute atomic E-state index is 13.4. The molecular formula is C14H27F2NS. The average Bonchev–Trinajstić information content (AvgIpc) is 2.21. The van der Waals surface area contributed by atoms with Gasteiger partial charge in [-0.25, -0.2) is 8.78 Å². The molecule has 0 aromatic heterocycles. The van der Waals surface area contributed by atoms with Gasteiger partial charge in [0.1, 0.15) is 0 Å². The summed E-state index contributed by atoms with van der Waals surface area (Å²) in [5.74, 6) is -1.23. The van der Waals surface area contributed by atoms with Crippen molar-refractivity contribution in [1.29, 1.82) is 0 Å². The van der Waals surface area contributed by atoms with Crippen molar-refractivity contribution in [2.75, 3.05) is 12.8 Å². The highest BCUT2D eigenvalue weighted by atomic mass is 32.2. The second-order valence-corrected chi connectivity index (χ2v) is 8.31. The monoisotopic (exact) mass is 279 g/mol. The molecule has 1 N–H and O–H groups in total. The first kappa shape index (κ1) is 16.2. The molecule has 2 unspecified atom stereocenters. The standard InChI is InChI=1S/C14H27F2NS/c1-13(2,3)18-10-12(17-4)8-11-6-5-7-14(15,16)9-11/h11-12,17H,5-10H2,1-4H3. The zero-order valence-electron chi connectivity index (χ0n) is 12.1. The molecule has 0 aromatic rings. The minimum Gasteiger partial charge on any atom is -0.316 e. The van der Waals surface area contributed by atoms with Gasteiger partial charge in [-0.05, 0) is 32.2 Å². The van der Waals surface area contributed by atoms with Gasteiger partial charge in [0, 0.05) is 29.4 Å². The summed E-state index contributed by atoms with van der Waals surface area (Å²) in [5.41, 5.74) is 0. The van der Waals surface area contributed by atoms with Crippen LogP contribution < -0.4 is 5.32 Å². The highest BCUT2D eigenvalue weighted by molar-refractivity contribution is 8.00. The SMILES string of the molecule is CNC(CSC(C)(C)C)CC1CCCC(F)(F)C1. The van der Waals surface area contributed by atoms with Gasteiger partial charge < -0.3 is 5.32 Å². The quantitative estimate of drug-likeness (QED) is 0.804. The van der Waals surface area contributed by atoms with Gasteiger partial charge in [-0.3, -0.25) is 0 Å². The predicted octanol–water partition coefficient (Wildman–Crippen LogP) is 4.32. The van der Waals surface area contributed by atoms with Crippen LogP contribution in [0.3, 0.4) is 0 Å². The van der Waals surface area contributed by atoms with Gasteiger partial charge in [0.2, 0.25) is 5.92 Å². The zero-order valence-corrected chi connectivity index (χ0v) is 12.9. The largest absolute Gasteiger partial charge is 0.316 e. The van der Waals surface area contributed by atoms with E-state index >= 15 is 0 Å². The molecule has 1 aliphatic carbocycles. The van der Waals surface area contributed by atoms with Gasteiger partial charge in [-0.1, -0.05) is 20.8 Å². The molecule has 0 aliphatic heterocycles. The van der Waals surface area contributed by atoms with Crippen LogP contribution in [-0.2, 0) is 0 Å². The second kappa shape index (κ2) is 6.56. The van der Waals surface area contributed by atoms with E-state index in [4.69, 9.17) is 0 Å². The minimum atomic E-state index is -2.42. The van der Waals surface area contributed by atoms with E-state index in [2.05, 4.69) is 26.1 Å². The summed E-state index contributed by atoms with van der Waals surface area (Å²) in [6.07, 6.45) is 2.71. The Morgan fingerprint density at radius 3 is 2.56 bits per heavy atom. The molecule has 0 spiro atoms. The third-order valence-electron chi connectivity index (χ3n) is 3.49. The molecule has 0 radical (unpaired) electrons. The maximum Gasteiger partial charge on any atom is 0.248 e. The van der Waals surface area contributed by atoms with Crippen molar-refractivity contribution < 1.29 is 8.78 Å². The number of hydrogen-bond donors (Lipinski definition) is 1. The third kappa shape index (κ3) is 6.37. The van der Waals surface area contributed by atoms with Crippen molar-refractivity contribution in [2.45, 2.75) is 69.6 Å². The van der Waals surface area contributed by atoms with Gasteiger partial charge in [0.05, 0.1) is 0 Å². The Morgan fingerprint density at radius 2 is 2.06 bits per heavy atom. The summed E-state index contributed by atoms with van der Waals surface area (Å²) < 4.78 is 27.0. The number of alkyl halides is 2. The van der Waals surface area contributed by atoms with Crippen molar-refractivity contribution in [1.82, 2.24) is 5.32 Å². The molecule has 1 fully saturated rings. The van der Waals surface area contributed by atoms with Crippen LogP contribution in [0.2, 0.25) is 0 Å². The number of rotatable bonds is 5. The summed E-state index contributed by atoms with van der Waals surface area (Å²) >= 11 is 1.90. The zero-order chi connectivity index (χ0) is 13.8. The smallest absolute Gasteiger partial charge is 0.248 e. The Labute approximate surface area is 114 Å². The van der Waals surface area contributed by atoms with Gasteiger partial charge in [-0.15, -0.1) is 0 Å². The van der Waals surface area contributed by atoms with Crippen LogP contribution in [0.1, 0.15) is 52.9 Å². The van der Waals surface area contributed by atoms with Crippen molar-refractivity contribution in [3.05, 3.63) is 0 Å². The average molecular weight is 279 g/mol. The Hall–Kier alpha value is 0.170. The number of thioether (sulfide) groups is 1. The minimum absolute atomic E-state index is 0.0878. The van der Waals surface area contributed by atoms with E-state index in [-0.39, 0.29) is 23.5 Å². The van der Waals surface area contributed by atoms with Crippen LogP contribution in [0.15, 0.2) is 0 Å². The van der Waals surface area contributed by atoms with E-state index < -0.39 is 5.92 Å². The molecule has 1 aliphatic rings. The molecule has 18 heavy (non-hydrogen) atoms. The molecule has 2 atom stereocenters. The molecule has 1 nitrogen and oxygen atoms in total. The lowest BCUT2D eigenvalue weighted by molar-refractivity contribution is -0.0544. The lowest BCUT2D eigenvalue weighted by Crippen LogP contribution is -2.35. The van der Waals surface area contributed by atoms with Crippen LogP contribution in [0, 0.1) is 5.92 Å². The van der Waals surface area contributed by atoms with Crippen molar-refractivity contribution in [3.63, 3.8) is 0 Å². The maximum atomic E-state index is 13.4. The van der Waals surface area contributed by atoms with Crippen LogP contribution in [0.5, 0.6) is 0 Å². The van der Waals surface area contributed by atoms with Crippen molar-refractivity contribution in [2.24, 2.45) is 5.92 Å². The first-order valence-electron chi connectivity index (χ1n) is 6.91. The highest BCUT2D eigenvalue weighted by Gasteiger charge is 2.36. The van der Waals surface area contributed by atoms with E-state index in [0.717, 1.165) is 18.6 Å². The third-order valence-corrected chi connectivity index (χ3v) is 4.92. The fraction of sp³-hybridized carbons (Fsp3) is 1.00. The van der Waals surface area contributed by atoms with Crippen LogP contribution in [0.4, 0.5) is 8.78 Å². The Balaban J connectivity index is 2.38. The predicted molar refractivity (Wildman–Crippen MR) is 76.6 cm³/mol. The van der Waals surface area contributed by atoms with Gasteiger partial charge >= 0.3 is 0 Å². The van der Waals surface area contributed by atoms with Gasteiger partial charge in [-0.2, -0.15) is 11.8 Å². The Kier molecular flexibility index (Phi) is 5.91. The molecule has 1 rings (SSSR count). The fourth-order valence-electron chi connectivity index (χ4n) is 2.50.